The first kappa shape index (κ1) is 25.0. The molecule has 182 valence electrons. The molecule has 34 heavy (non-hydrogen) atoms. The molecule has 1 aliphatic rings. The van der Waals surface area contributed by atoms with Crippen molar-refractivity contribution in [1.29, 1.82) is 0 Å². The fraction of sp³-hybridized carbons (Fsp3) is 0.417. The van der Waals surface area contributed by atoms with Gasteiger partial charge in [-0.15, -0.1) is 0 Å². The van der Waals surface area contributed by atoms with Crippen LogP contribution >= 0.6 is 23.2 Å². The van der Waals surface area contributed by atoms with Crippen LogP contribution in [0, 0.1) is 11.8 Å². The summed E-state index contributed by atoms with van der Waals surface area (Å²) in [5.41, 5.74) is 0.917. The number of nitrogens with one attached hydrogen (secondary N) is 2. The molecule has 1 aromatic heterocycles. The Kier molecular flexibility index (Phi) is 7.82. The molecule has 4 rings (SSSR count). The lowest BCUT2D eigenvalue weighted by atomic mass is 9.82. The Hall–Kier alpha value is -2.13. The summed E-state index contributed by atoms with van der Waals surface area (Å²) in [5, 5.41) is 5.05. The van der Waals surface area contributed by atoms with Crippen molar-refractivity contribution in [1.82, 2.24) is 14.7 Å². The monoisotopic (exact) mass is 521 g/mol. The first-order valence-electron chi connectivity index (χ1n) is 11.3. The molecule has 2 aromatic carbocycles. The molecule has 0 unspecified atom stereocenters. The normalized spacial score (nSPS) is 18.7. The van der Waals surface area contributed by atoms with Gasteiger partial charge in [-0.2, -0.15) is 4.98 Å². The summed E-state index contributed by atoms with van der Waals surface area (Å²) in [6, 6.07) is 12.3. The fourth-order valence-corrected chi connectivity index (χ4v) is 6.19. The van der Waals surface area contributed by atoms with Crippen molar-refractivity contribution in [3.05, 3.63) is 52.5 Å². The van der Waals surface area contributed by atoms with E-state index in [1.54, 1.807) is 0 Å². The average molecular weight is 523 g/mol. The van der Waals surface area contributed by atoms with Crippen LogP contribution in [0.1, 0.15) is 25.7 Å². The minimum Gasteiger partial charge on any atom is -0.362 e. The lowest BCUT2D eigenvalue weighted by Crippen LogP contribution is -2.32. The SMILES string of the molecule is CN(C)c1nc(NC[C@H]2CC[C@H](CNS(=O)(=O)c3cc(Cl)cc(Cl)c3)CC2)nc2ccccc12. The summed E-state index contributed by atoms with van der Waals surface area (Å²) >= 11 is 11.9. The molecule has 3 aromatic rings. The van der Waals surface area contributed by atoms with Gasteiger partial charge in [0, 0.05) is 42.6 Å². The molecule has 0 radical (unpaired) electrons. The van der Waals surface area contributed by atoms with E-state index in [1.807, 2.05) is 43.3 Å². The Labute approximate surface area is 210 Å². The van der Waals surface area contributed by atoms with E-state index in [-0.39, 0.29) is 4.90 Å². The number of rotatable bonds is 8. The van der Waals surface area contributed by atoms with Crippen molar-refractivity contribution in [3.8, 4) is 0 Å². The second-order valence-corrected chi connectivity index (χ2v) is 11.6. The van der Waals surface area contributed by atoms with Crippen LogP contribution in [0.15, 0.2) is 47.4 Å². The van der Waals surface area contributed by atoms with E-state index in [0.29, 0.717) is 34.4 Å². The zero-order valence-electron chi connectivity index (χ0n) is 19.3. The molecule has 0 aliphatic heterocycles. The van der Waals surface area contributed by atoms with Gasteiger partial charge in [0.25, 0.3) is 0 Å². The van der Waals surface area contributed by atoms with E-state index < -0.39 is 10.0 Å². The first-order chi connectivity index (χ1) is 16.2. The number of hydrogen-bond donors (Lipinski definition) is 2. The molecule has 1 saturated carbocycles. The lowest BCUT2D eigenvalue weighted by molar-refractivity contribution is 0.284. The van der Waals surface area contributed by atoms with Gasteiger partial charge >= 0.3 is 0 Å². The molecule has 1 fully saturated rings. The molecular weight excluding hydrogens is 493 g/mol. The zero-order chi connectivity index (χ0) is 24.3. The summed E-state index contributed by atoms with van der Waals surface area (Å²) in [6.07, 6.45) is 3.98. The number of nitrogens with zero attached hydrogens (tertiary/aromatic N) is 3. The summed E-state index contributed by atoms with van der Waals surface area (Å²) in [5.74, 6) is 2.33. The second-order valence-electron chi connectivity index (χ2n) is 9.01. The number of anilines is 2. The van der Waals surface area contributed by atoms with E-state index in [0.717, 1.165) is 48.9 Å². The highest BCUT2D eigenvalue weighted by molar-refractivity contribution is 7.89. The van der Waals surface area contributed by atoms with Gasteiger partial charge in [-0.3, -0.25) is 0 Å². The van der Waals surface area contributed by atoms with E-state index in [1.165, 1.54) is 18.2 Å². The van der Waals surface area contributed by atoms with Crippen molar-refractivity contribution >= 4 is 55.9 Å². The number of para-hydroxylation sites is 1. The molecule has 7 nitrogen and oxygen atoms in total. The Morgan fingerprint density at radius 2 is 1.56 bits per heavy atom. The van der Waals surface area contributed by atoms with Crippen LogP contribution < -0.4 is 14.9 Å². The van der Waals surface area contributed by atoms with Crippen LogP contribution in [0.3, 0.4) is 0 Å². The number of fused-ring (bicyclic) bond motifs is 1. The molecule has 10 heteroatoms. The van der Waals surface area contributed by atoms with E-state index in [2.05, 4.69) is 15.0 Å². The summed E-state index contributed by atoms with van der Waals surface area (Å²) in [7, 11) is 0.317. The maximum absolute atomic E-state index is 12.6. The third-order valence-electron chi connectivity index (χ3n) is 6.23. The predicted octanol–water partition coefficient (Wildman–Crippen LogP) is 5.20. The molecule has 0 atom stereocenters. The van der Waals surface area contributed by atoms with Crippen LogP contribution in [0.4, 0.5) is 11.8 Å². The number of aromatic nitrogens is 2. The van der Waals surface area contributed by atoms with Crippen LogP contribution in [0.5, 0.6) is 0 Å². The van der Waals surface area contributed by atoms with Crippen molar-refractivity contribution in [2.75, 3.05) is 37.4 Å². The maximum Gasteiger partial charge on any atom is 0.240 e. The van der Waals surface area contributed by atoms with E-state index in [4.69, 9.17) is 28.2 Å². The van der Waals surface area contributed by atoms with Gasteiger partial charge in [-0.1, -0.05) is 35.3 Å². The van der Waals surface area contributed by atoms with Gasteiger partial charge in [0.1, 0.15) is 5.82 Å². The van der Waals surface area contributed by atoms with Gasteiger partial charge in [-0.05, 0) is 67.9 Å². The zero-order valence-corrected chi connectivity index (χ0v) is 21.6. The Bertz CT molecular complexity index is 1240. The Morgan fingerprint density at radius 1 is 0.941 bits per heavy atom. The fourth-order valence-electron chi connectivity index (χ4n) is 4.35. The molecule has 0 amide bonds. The molecule has 0 spiro atoms. The average Bonchev–Trinajstić information content (AvgIpc) is 2.81. The van der Waals surface area contributed by atoms with Crippen molar-refractivity contribution < 1.29 is 8.42 Å². The minimum atomic E-state index is -3.65. The largest absolute Gasteiger partial charge is 0.362 e. The Balaban J connectivity index is 1.29. The highest BCUT2D eigenvalue weighted by atomic mass is 35.5. The summed E-state index contributed by atoms with van der Waals surface area (Å²) in [4.78, 5) is 11.5. The summed E-state index contributed by atoms with van der Waals surface area (Å²) < 4.78 is 28.0. The van der Waals surface area contributed by atoms with Crippen LogP contribution in [-0.4, -0.2) is 45.6 Å². The van der Waals surface area contributed by atoms with Crippen molar-refractivity contribution in [2.24, 2.45) is 11.8 Å². The Morgan fingerprint density at radius 3 is 2.21 bits per heavy atom. The quantitative estimate of drug-likeness (QED) is 0.423. The second kappa shape index (κ2) is 10.6. The van der Waals surface area contributed by atoms with Gasteiger partial charge in [-0.25, -0.2) is 18.1 Å². The van der Waals surface area contributed by atoms with Crippen molar-refractivity contribution in [3.63, 3.8) is 0 Å². The number of halogens is 2. The van der Waals surface area contributed by atoms with Gasteiger partial charge in [0.15, 0.2) is 0 Å². The molecule has 2 N–H and O–H groups in total. The number of hydrogen-bond acceptors (Lipinski definition) is 6. The minimum absolute atomic E-state index is 0.0929. The number of benzene rings is 2. The van der Waals surface area contributed by atoms with Crippen LogP contribution in [-0.2, 0) is 10.0 Å². The smallest absolute Gasteiger partial charge is 0.240 e. The van der Waals surface area contributed by atoms with Gasteiger partial charge < -0.3 is 10.2 Å². The van der Waals surface area contributed by atoms with Crippen LogP contribution in [0.2, 0.25) is 10.0 Å². The third kappa shape index (κ3) is 6.10. The van der Waals surface area contributed by atoms with Crippen molar-refractivity contribution in [2.45, 2.75) is 30.6 Å². The van der Waals surface area contributed by atoms with E-state index in [9.17, 15) is 8.42 Å². The topological polar surface area (TPSA) is 87.2 Å². The molecule has 1 aliphatic carbocycles. The highest BCUT2D eigenvalue weighted by Gasteiger charge is 2.24. The lowest BCUT2D eigenvalue weighted by Gasteiger charge is -2.28. The van der Waals surface area contributed by atoms with E-state index >= 15 is 0 Å². The standard InChI is InChI=1S/C24H29Cl2N5O2S/c1-31(2)23-21-5-3-4-6-22(21)29-24(30-23)27-14-16-7-9-17(10-8-16)15-28-34(32,33)20-12-18(25)11-19(26)13-20/h3-6,11-13,16-17,28H,7-10,14-15H2,1-2H3,(H,27,29,30)/t16-,17-. The number of sulfonamides is 1. The molecular formula is C24H29Cl2N5O2S. The molecule has 0 bridgehead atoms. The molecule has 1 heterocycles. The van der Waals surface area contributed by atoms with Crippen LogP contribution in [0.25, 0.3) is 10.9 Å². The van der Waals surface area contributed by atoms with Gasteiger partial charge in [0.2, 0.25) is 16.0 Å². The summed E-state index contributed by atoms with van der Waals surface area (Å²) in [6.45, 7) is 1.21. The first-order valence-corrected chi connectivity index (χ1v) is 13.6. The maximum atomic E-state index is 12.6. The van der Waals surface area contributed by atoms with Gasteiger partial charge in [0.05, 0.1) is 10.4 Å². The molecule has 0 saturated heterocycles. The highest BCUT2D eigenvalue weighted by Crippen LogP contribution is 2.30. The third-order valence-corrected chi connectivity index (χ3v) is 8.07. The predicted molar refractivity (Wildman–Crippen MR) is 139 cm³/mol.